The minimum atomic E-state index is -3.51. The van der Waals surface area contributed by atoms with E-state index in [-0.39, 0.29) is 10.8 Å². The Hall–Kier alpha value is -3.46. The van der Waals surface area contributed by atoms with Crippen molar-refractivity contribution in [1.29, 1.82) is 0 Å². The lowest BCUT2D eigenvalue weighted by Gasteiger charge is -2.36. The van der Waals surface area contributed by atoms with Crippen LogP contribution in [0.15, 0.2) is 65.6 Å². The van der Waals surface area contributed by atoms with Crippen LogP contribution in [-0.4, -0.2) is 58.8 Å². The van der Waals surface area contributed by atoms with Gasteiger partial charge >= 0.3 is 0 Å². The number of carbonyl (C=O) groups excluding carboxylic acids is 1. The van der Waals surface area contributed by atoms with E-state index < -0.39 is 27.2 Å². The Morgan fingerprint density at radius 1 is 0.912 bits per heavy atom. The normalized spacial score (nSPS) is 14.2. The average Bonchev–Trinajstić information content (AvgIpc) is 2.83. The van der Waals surface area contributed by atoms with E-state index in [1.54, 1.807) is 15.9 Å². The van der Waals surface area contributed by atoms with E-state index in [2.05, 4.69) is 0 Å². The zero-order valence-electron chi connectivity index (χ0n) is 18.8. The van der Waals surface area contributed by atoms with Crippen molar-refractivity contribution < 1.29 is 26.7 Å². The molecule has 0 atom stereocenters. The summed E-state index contributed by atoms with van der Waals surface area (Å²) in [6, 6.07) is 16.3. The van der Waals surface area contributed by atoms with Gasteiger partial charge in [0.2, 0.25) is 0 Å². The Labute approximate surface area is 197 Å². The van der Waals surface area contributed by atoms with Crippen LogP contribution in [0.3, 0.4) is 0 Å². The van der Waals surface area contributed by atoms with Crippen LogP contribution in [0.4, 0.5) is 14.5 Å². The number of anilines is 1. The van der Waals surface area contributed by atoms with Gasteiger partial charge in [-0.2, -0.15) is 0 Å². The van der Waals surface area contributed by atoms with Gasteiger partial charge in [-0.1, -0.05) is 36.4 Å². The highest BCUT2D eigenvalue weighted by Crippen LogP contribution is 2.30. The fourth-order valence-electron chi connectivity index (χ4n) is 4.06. The molecule has 3 aromatic carbocycles. The summed E-state index contributed by atoms with van der Waals surface area (Å²) in [5.41, 5.74) is 2.10. The quantitative estimate of drug-likeness (QED) is 0.545. The third kappa shape index (κ3) is 4.75. The Balaban J connectivity index is 1.59. The van der Waals surface area contributed by atoms with Gasteiger partial charge in [0.25, 0.3) is 5.91 Å². The van der Waals surface area contributed by atoms with Crippen molar-refractivity contribution >= 4 is 21.4 Å². The molecule has 0 aromatic heterocycles. The zero-order valence-corrected chi connectivity index (χ0v) is 19.6. The van der Waals surface area contributed by atoms with Gasteiger partial charge in [-0.25, -0.2) is 17.2 Å². The number of sulfone groups is 1. The van der Waals surface area contributed by atoms with E-state index in [0.717, 1.165) is 11.8 Å². The lowest BCUT2D eigenvalue weighted by atomic mass is 9.98. The van der Waals surface area contributed by atoms with Crippen molar-refractivity contribution in [3.8, 4) is 16.9 Å². The van der Waals surface area contributed by atoms with Crippen molar-refractivity contribution in [3.63, 3.8) is 0 Å². The highest BCUT2D eigenvalue weighted by molar-refractivity contribution is 7.90. The lowest BCUT2D eigenvalue weighted by Crippen LogP contribution is -2.49. The summed E-state index contributed by atoms with van der Waals surface area (Å²) in [6.07, 6.45) is 1.10. The molecule has 34 heavy (non-hydrogen) atoms. The monoisotopic (exact) mass is 486 g/mol. The number of halogens is 2. The minimum Gasteiger partial charge on any atom is -0.491 e. The summed E-state index contributed by atoms with van der Waals surface area (Å²) in [4.78, 5) is 17.0. The Morgan fingerprint density at radius 2 is 1.53 bits per heavy atom. The molecule has 0 bridgehead atoms. The third-order valence-electron chi connectivity index (χ3n) is 5.85. The van der Waals surface area contributed by atoms with Crippen LogP contribution >= 0.6 is 0 Å². The maximum Gasteiger partial charge on any atom is 0.254 e. The second-order valence-corrected chi connectivity index (χ2v) is 10.1. The fraction of sp³-hybridized carbons (Fsp3) is 0.240. The van der Waals surface area contributed by atoms with Crippen molar-refractivity contribution in [2.75, 3.05) is 44.4 Å². The molecule has 0 saturated carbocycles. The maximum atomic E-state index is 14.1. The second kappa shape index (κ2) is 9.42. The highest BCUT2D eigenvalue weighted by Gasteiger charge is 2.26. The Bertz CT molecular complexity index is 1300. The summed E-state index contributed by atoms with van der Waals surface area (Å²) in [5, 5.41) is 0. The first-order valence-electron chi connectivity index (χ1n) is 10.7. The smallest absolute Gasteiger partial charge is 0.254 e. The Morgan fingerprint density at radius 3 is 2.09 bits per heavy atom. The molecule has 1 heterocycles. The average molecular weight is 487 g/mol. The molecule has 0 aliphatic carbocycles. The molecular formula is C25H24F2N2O4S. The molecular weight excluding hydrogens is 462 g/mol. The van der Waals surface area contributed by atoms with Crippen LogP contribution in [0.5, 0.6) is 5.75 Å². The molecule has 9 heteroatoms. The minimum absolute atomic E-state index is 0.0679. The van der Waals surface area contributed by atoms with Gasteiger partial charge in [0.15, 0.2) is 27.2 Å². The molecule has 1 fully saturated rings. The molecule has 3 aromatic rings. The van der Waals surface area contributed by atoms with Gasteiger partial charge in [0.05, 0.1) is 12.0 Å². The molecule has 1 saturated heterocycles. The van der Waals surface area contributed by atoms with Gasteiger partial charge in [0, 0.05) is 55.8 Å². The van der Waals surface area contributed by atoms with Crippen molar-refractivity contribution in [2.24, 2.45) is 0 Å². The summed E-state index contributed by atoms with van der Waals surface area (Å²) in [5.74, 6) is -2.31. The van der Waals surface area contributed by atoms with Crippen LogP contribution in [0, 0.1) is 11.6 Å². The molecule has 0 radical (unpaired) electrons. The van der Waals surface area contributed by atoms with Crippen molar-refractivity contribution in [2.45, 2.75) is 4.90 Å². The number of rotatable bonds is 5. The van der Waals surface area contributed by atoms with Gasteiger partial charge in [-0.05, 0) is 23.3 Å². The van der Waals surface area contributed by atoms with Gasteiger partial charge in [-0.3, -0.25) is 4.79 Å². The molecule has 0 N–H and O–H groups in total. The zero-order chi connectivity index (χ0) is 24.5. The second-order valence-electron chi connectivity index (χ2n) is 8.07. The first-order valence-corrected chi connectivity index (χ1v) is 12.5. The summed E-state index contributed by atoms with van der Waals surface area (Å²) in [7, 11) is -2.31. The number of carbonyl (C=O) groups is 1. The molecule has 178 valence electrons. The molecule has 1 aliphatic rings. The van der Waals surface area contributed by atoms with Gasteiger partial charge in [0.1, 0.15) is 0 Å². The van der Waals surface area contributed by atoms with Gasteiger partial charge < -0.3 is 14.5 Å². The van der Waals surface area contributed by atoms with Crippen LogP contribution in [-0.2, 0) is 9.84 Å². The van der Waals surface area contributed by atoms with Crippen LogP contribution < -0.4 is 9.64 Å². The molecule has 6 nitrogen and oxygen atoms in total. The SMILES string of the molecule is COc1c(F)cc(N2CCN(C(=O)c3cc(S(C)(=O)=O)ccc3-c3ccccc3)CC2)cc1F. The molecule has 0 spiro atoms. The summed E-state index contributed by atoms with van der Waals surface area (Å²) in [6.45, 7) is 1.35. The number of amides is 1. The standard InChI is InChI=1S/C25H24F2N2O4S/c1-33-24-22(26)14-18(15-23(24)27)28-10-12-29(13-11-28)25(30)21-16-19(34(2,31)32)8-9-20(21)17-6-4-3-5-7-17/h3-9,14-16H,10-13H2,1-2H3. The van der Waals surface area contributed by atoms with Crippen molar-refractivity contribution in [3.05, 3.63) is 77.9 Å². The number of methoxy groups -OCH3 is 1. The van der Waals surface area contributed by atoms with Crippen LogP contribution in [0.1, 0.15) is 10.4 Å². The first kappa shape index (κ1) is 23.7. The predicted octanol–water partition coefficient (Wildman–Crippen LogP) is 4.01. The summed E-state index contributed by atoms with van der Waals surface area (Å²) >= 11 is 0. The van der Waals surface area contributed by atoms with Crippen molar-refractivity contribution in [1.82, 2.24) is 4.90 Å². The lowest BCUT2D eigenvalue weighted by molar-refractivity contribution is 0.0747. The third-order valence-corrected chi connectivity index (χ3v) is 6.96. The first-order chi connectivity index (χ1) is 16.2. The van der Waals surface area contributed by atoms with Crippen LogP contribution in [0.25, 0.3) is 11.1 Å². The van der Waals surface area contributed by atoms with Gasteiger partial charge in [-0.15, -0.1) is 0 Å². The van der Waals surface area contributed by atoms with E-state index in [1.807, 2.05) is 30.3 Å². The number of ether oxygens (including phenoxy) is 1. The van der Waals surface area contributed by atoms with E-state index in [0.29, 0.717) is 43.0 Å². The van der Waals surface area contributed by atoms with Crippen LogP contribution in [0.2, 0.25) is 0 Å². The van der Waals surface area contributed by atoms with E-state index in [9.17, 15) is 22.0 Å². The number of hydrogen-bond acceptors (Lipinski definition) is 5. The topological polar surface area (TPSA) is 66.9 Å². The number of benzene rings is 3. The molecule has 1 aliphatic heterocycles. The maximum absolute atomic E-state index is 14.1. The van der Waals surface area contributed by atoms with E-state index in [1.165, 1.54) is 31.4 Å². The predicted molar refractivity (Wildman–Crippen MR) is 126 cm³/mol. The Kier molecular flexibility index (Phi) is 6.56. The molecule has 4 rings (SSSR count). The number of piperazine rings is 1. The number of nitrogens with zero attached hydrogens (tertiary/aromatic N) is 2. The largest absolute Gasteiger partial charge is 0.491 e. The van der Waals surface area contributed by atoms with E-state index >= 15 is 0 Å². The fourth-order valence-corrected chi connectivity index (χ4v) is 4.71. The summed E-state index contributed by atoms with van der Waals surface area (Å²) < 4.78 is 57.2. The molecule has 1 amide bonds. The van der Waals surface area contributed by atoms with E-state index in [4.69, 9.17) is 4.74 Å². The number of hydrogen-bond donors (Lipinski definition) is 0. The highest BCUT2D eigenvalue weighted by atomic mass is 32.2. The molecule has 0 unspecified atom stereocenters.